The number of anilines is 2. The van der Waals surface area contributed by atoms with Crippen LogP contribution in [0.1, 0.15) is 28.4 Å². The second-order valence-electron chi connectivity index (χ2n) is 7.76. The summed E-state index contributed by atoms with van der Waals surface area (Å²) in [5, 5.41) is 12.8. The number of amides is 2. The van der Waals surface area contributed by atoms with E-state index in [1.165, 1.54) is 29.2 Å². The smallest absolute Gasteiger partial charge is 0.298 e. The molecule has 178 valence electrons. The molecule has 0 radical (unpaired) electrons. The lowest BCUT2D eigenvalue weighted by Crippen LogP contribution is -2.27. The molecule has 0 aliphatic heterocycles. The highest BCUT2D eigenvalue weighted by Crippen LogP contribution is 2.32. The van der Waals surface area contributed by atoms with Crippen molar-refractivity contribution in [3.63, 3.8) is 0 Å². The number of alkyl halides is 2. The minimum Gasteiger partial charge on any atom is -0.387 e. The van der Waals surface area contributed by atoms with Gasteiger partial charge in [0.05, 0.1) is 17.1 Å². The molecule has 0 fully saturated rings. The first-order chi connectivity index (χ1) is 16.0. The summed E-state index contributed by atoms with van der Waals surface area (Å²) >= 11 is 12.2. The standard InChI is InChI=1S/C25H22Cl2F2N2O3/c1-15(32)25(28,29)18-7-3-16(4-8-18)13-23(33)30-20-10-5-17(6-11-20)24(34)31(2)22-14-19(26)9-12-21(22)27/h3-12,14-15,32H,13H2,1-2H3,(H,30,33). The summed E-state index contributed by atoms with van der Waals surface area (Å²) in [5.41, 5.74) is 1.53. The molecule has 0 aromatic heterocycles. The Bertz CT molecular complexity index is 1180. The fourth-order valence-corrected chi connectivity index (χ4v) is 3.63. The molecule has 3 aromatic rings. The van der Waals surface area contributed by atoms with Crippen LogP contribution >= 0.6 is 23.2 Å². The van der Waals surface area contributed by atoms with Gasteiger partial charge in [-0.1, -0.05) is 47.5 Å². The summed E-state index contributed by atoms with van der Waals surface area (Å²) in [5.74, 6) is -4.03. The maximum Gasteiger partial charge on any atom is 0.298 e. The highest BCUT2D eigenvalue weighted by Gasteiger charge is 2.37. The Hall–Kier alpha value is -3.00. The molecule has 1 atom stereocenters. The van der Waals surface area contributed by atoms with Crippen molar-refractivity contribution < 1.29 is 23.5 Å². The number of nitrogens with zero attached hydrogens (tertiary/aromatic N) is 1. The van der Waals surface area contributed by atoms with Crippen LogP contribution in [0.3, 0.4) is 0 Å². The second kappa shape index (κ2) is 10.5. The van der Waals surface area contributed by atoms with E-state index in [1.54, 1.807) is 49.5 Å². The van der Waals surface area contributed by atoms with Gasteiger partial charge >= 0.3 is 0 Å². The topological polar surface area (TPSA) is 69.6 Å². The molecule has 3 aromatic carbocycles. The summed E-state index contributed by atoms with van der Waals surface area (Å²) in [6.07, 6.45) is -1.85. The minimum atomic E-state index is -3.37. The maximum atomic E-state index is 13.9. The molecule has 0 spiro atoms. The Kier molecular flexibility index (Phi) is 7.92. The molecule has 0 saturated heterocycles. The van der Waals surface area contributed by atoms with Crippen molar-refractivity contribution >= 4 is 46.4 Å². The van der Waals surface area contributed by atoms with Gasteiger partial charge in [-0.2, -0.15) is 8.78 Å². The summed E-state index contributed by atoms with van der Waals surface area (Å²) < 4.78 is 27.7. The molecule has 0 aliphatic carbocycles. The zero-order valence-corrected chi connectivity index (χ0v) is 19.9. The van der Waals surface area contributed by atoms with E-state index in [0.717, 1.165) is 6.92 Å². The van der Waals surface area contributed by atoms with E-state index in [9.17, 15) is 23.5 Å². The number of halogens is 4. The molecule has 2 N–H and O–H groups in total. The van der Waals surface area contributed by atoms with E-state index in [2.05, 4.69) is 5.32 Å². The largest absolute Gasteiger partial charge is 0.387 e. The molecule has 1 unspecified atom stereocenters. The number of rotatable bonds is 7. The van der Waals surface area contributed by atoms with Crippen LogP contribution in [0.25, 0.3) is 0 Å². The number of nitrogens with one attached hydrogen (secondary N) is 1. The predicted molar refractivity (Wildman–Crippen MR) is 130 cm³/mol. The highest BCUT2D eigenvalue weighted by atomic mass is 35.5. The van der Waals surface area contributed by atoms with Crippen molar-refractivity contribution in [3.05, 3.63) is 93.5 Å². The Labute approximate surface area is 205 Å². The fourth-order valence-electron chi connectivity index (χ4n) is 3.22. The average Bonchev–Trinajstić information content (AvgIpc) is 2.80. The van der Waals surface area contributed by atoms with E-state index in [4.69, 9.17) is 23.2 Å². The Morgan fingerprint density at radius 1 is 1.03 bits per heavy atom. The zero-order valence-electron chi connectivity index (χ0n) is 18.4. The lowest BCUT2D eigenvalue weighted by molar-refractivity contribution is -0.115. The molecular formula is C25H22Cl2F2N2O3. The molecule has 34 heavy (non-hydrogen) atoms. The molecule has 2 amide bonds. The Morgan fingerprint density at radius 2 is 1.65 bits per heavy atom. The van der Waals surface area contributed by atoms with Crippen molar-refractivity contribution in [1.29, 1.82) is 0 Å². The van der Waals surface area contributed by atoms with Crippen molar-refractivity contribution in [2.24, 2.45) is 0 Å². The van der Waals surface area contributed by atoms with Crippen LogP contribution in [0.5, 0.6) is 0 Å². The van der Waals surface area contributed by atoms with Crippen LogP contribution in [-0.2, 0) is 17.1 Å². The van der Waals surface area contributed by atoms with Crippen LogP contribution in [0.15, 0.2) is 66.7 Å². The van der Waals surface area contributed by atoms with Crippen molar-refractivity contribution in [3.8, 4) is 0 Å². The maximum absolute atomic E-state index is 13.9. The molecule has 0 aliphatic rings. The first kappa shape index (κ1) is 25.6. The number of hydrogen-bond acceptors (Lipinski definition) is 3. The number of aliphatic hydroxyl groups is 1. The second-order valence-corrected chi connectivity index (χ2v) is 8.60. The van der Waals surface area contributed by atoms with Crippen molar-refractivity contribution in [2.75, 3.05) is 17.3 Å². The van der Waals surface area contributed by atoms with Gasteiger partial charge in [-0.15, -0.1) is 0 Å². The van der Waals surface area contributed by atoms with Gasteiger partial charge in [0, 0.05) is 28.9 Å². The average molecular weight is 507 g/mol. The van der Waals surface area contributed by atoms with E-state index >= 15 is 0 Å². The highest BCUT2D eigenvalue weighted by molar-refractivity contribution is 6.36. The van der Waals surface area contributed by atoms with Gasteiger partial charge in [-0.25, -0.2) is 0 Å². The normalized spacial score (nSPS) is 12.2. The third-order valence-electron chi connectivity index (χ3n) is 5.22. The molecule has 5 nitrogen and oxygen atoms in total. The fraction of sp³-hybridized carbons (Fsp3) is 0.200. The van der Waals surface area contributed by atoms with E-state index < -0.39 is 12.0 Å². The van der Waals surface area contributed by atoms with Gasteiger partial charge in [0.15, 0.2) is 0 Å². The lowest BCUT2D eigenvalue weighted by atomic mass is 10.0. The van der Waals surface area contributed by atoms with Crippen LogP contribution in [0.2, 0.25) is 10.0 Å². The summed E-state index contributed by atoms with van der Waals surface area (Å²) in [4.78, 5) is 26.5. The SMILES string of the molecule is CC(O)C(F)(F)c1ccc(CC(=O)Nc2ccc(C(=O)N(C)c3cc(Cl)ccc3Cl)cc2)cc1. The monoisotopic (exact) mass is 506 g/mol. The summed E-state index contributed by atoms with van der Waals surface area (Å²) in [7, 11) is 1.58. The molecular weight excluding hydrogens is 485 g/mol. The van der Waals surface area contributed by atoms with Crippen LogP contribution in [0, 0.1) is 0 Å². The minimum absolute atomic E-state index is 0.0305. The molecule has 0 heterocycles. The van der Waals surface area contributed by atoms with E-state index in [-0.39, 0.29) is 23.8 Å². The predicted octanol–water partition coefficient (Wildman–Crippen LogP) is 5.92. The lowest BCUT2D eigenvalue weighted by Gasteiger charge is -2.19. The van der Waals surface area contributed by atoms with Gasteiger partial charge in [-0.3, -0.25) is 9.59 Å². The first-order valence-corrected chi connectivity index (χ1v) is 11.0. The summed E-state index contributed by atoms with van der Waals surface area (Å²) in [6.45, 7) is 1.02. The zero-order chi connectivity index (χ0) is 25.0. The van der Waals surface area contributed by atoms with Crippen LogP contribution in [-0.4, -0.2) is 30.1 Å². The number of carbonyl (C=O) groups is 2. The third kappa shape index (κ3) is 5.91. The Balaban J connectivity index is 1.62. The summed E-state index contributed by atoms with van der Waals surface area (Å²) in [6, 6.07) is 16.4. The van der Waals surface area contributed by atoms with Crippen LogP contribution < -0.4 is 10.2 Å². The molecule has 0 bridgehead atoms. The van der Waals surface area contributed by atoms with Gasteiger partial charge in [0.25, 0.3) is 11.8 Å². The number of hydrogen-bond donors (Lipinski definition) is 2. The van der Waals surface area contributed by atoms with Crippen LogP contribution in [0.4, 0.5) is 20.2 Å². The third-order valence-corrected chi connectivity index (χ3v) is 5.77. The van der Waals surface area contributed by atoms with Gasteiger partial charge in [0.1, 0.15) is 6.10 Å². The number of aliphatic hydroxyl groups excluding tert-OH is 1. The van der Waals surface area contributed by atoms with Gasteiger partial charge in [-0.05, 0) is 55.0 Å². The van der Waals surface area contributed by atoms with Crippen molar-refractivity contribution in [1.82, 2.24) is 0 Å². The van der Waals surface area contributed by atoms with E-state index in [0.29, 0.717) is 32.5 Å². The van der Waals surface area contributed by atoms with Gasteiger partial charge < -0.3 is 15.3 Å². The Morgan fingerprint density at radius 3 is 2.24 bits per heavy atom. The molecule has 0 saturated carbocycles. The quantitative estimate of drug-likeness (QED) is 0.417. The molecule has 9 heteroatoms. The number of carbonyl (C=O) groups excluding carboxylic acids is 2. The number of benzene rings is 3. The molecule has 3 rings (SSSR count). The van der Waals surface area contributed by atoms with E-state index in [1.807, 2.05) is 0 Å². The van der Waals surface area contributed by atoms with Crippen molar-refractivity contribution in [2.45, 2.75) is 25.4 Å². The van der Waals surface area contributed by atoms with Gasteiger partial charge in [0.2, 0.25) is 5.91 Å². The first-order valence-electron chi connectivity index (χ1n) is 10.3.